The zero-order valence-corrected chi connectivity index (χ0v) is 9.62. The van der Waals surface area contributed by atoms with E-state index in [1.54, 1.807) is 0 Å². The van der Waals surface area contributed by atoms with Crippen molar-refractivity contribution in [2.24, 2.45) is 0 Å². The Morgan fingerprint density at radius 1 is 1.36 bits per heavy atom. The quantitative estimate of drug-likeness (QED) is 0.719. The van der Waals surface area contributed by atoms with Crippen LogP contribution in [0.4, 0.5) is 5.95 Å². The molecule has 0 saturated heterocycles. The van der Waals surface area contributed by atoms with Gasteiger partial charge in [0, 0.05) is 30.9 Å². The number of hydrogen-bond acceptors (Lipinski definition) is 3. The van der Waals surface area contributed by atoms with Gasteiger partial charge in [0.25, 0.3) is 0 Å². The Kier molecular flexibility index (Phi) is 4.14. The second-order valence-corrected chi connectivity index (χ2v) is 3.91. The first-order chi connectivity index (χ1) is 6.65. The van der Waals surface area contributed by atoms with Crippen molar-refractivity contribution in [2.45, 2.75) is 26.8 Å². The van der Waals surface area contributed by atoms with Crippen LogP contribution in [0.2, 0.25) is 0 Å². The van der Waals surface area contributed by atoms with Gasteiger partial charge in [-0.25, -0.2) is 9.97 Å². The van der Waals surface area contributed by atoms with Crippen LogP contribution in [-0.2, 0) is 0 Å². The maximum atomic E-state index is 5.72. The maximum absolute atomic E-state index is 5.72. The average molecular weight is 214 g/mol. The molecule has 0 aromatic carbocycles. The van der Waals surface area contributed by atoms with Gasteiger partial charge in [-0.15, -0.1) is 11.6 Å². The molecule has 0 fully saturated rings. The van der Waals surface area contributed by atoms with Crippen molar-refractivity contribution in [1.29, 1.82) is 0 Å². The molecule has 0 amide bonds. The summed E-state index contributed by atoms with van der Waals surface area (Å²) in [5, 5.41) is 0. The molecule has 78 valence electrons. The molecule has 1 aromatic heterocycles. The minimum absolute atomic E-state index is 0.372. The van der Waals surface area contributed by atoms with Crippen LogP contribution in [0.5, 0.6) is 0 Å². The number of rotatable bonds is 4. The molecule has 0 radical (unpaired) electrons. The molecule has 0 aliphatic carbocycles. The molecule has 3 nitrogen and oxygen atoms in total. The van der Waals surface area contributed by atoms with Crippen molar-refractivity contribution in [3.05, 3.63) is 18.0 Å². The molecule has 4 heteroatoms. The fraction of sp³-hybridized carbons (Fsp3) is 0.600. The molecule has 0 aliphatic heterocycles. The van der Waals surface area contributed by atoms with Crippen molar-refractivity contribution < 1.29 is 0 Å². The monoisotopic (exact) mass is 213 g/mol. The van der Waals surface area contributed by atoms with Gasteiger partial charge in [0.2, 0.25) is 5.95 Å². The molecule has 0 unspecified atom stereocenters. The van der Waals surface area contributed by atoms with Crippen LogP contribution in [0, 0.1) is 6.92 Å². The number of alkyl halides is 1. The van der Waals surface area contributed by atoms with E-state index in [9.17, 15) is 0 Å². The highest BCUT2D eigenvalue weighted by molar-refractivity contribution is 6.18. The van der Waals surface area contributed by atoms with Crippen LogP contribution < -0.4 is 4.90 Å². The zero-order chi connectivity index (χ0) is 10.6. The zero-order valence-electron chi connectivity index (χ0n) is 8.87. The molecule has 1 rings (SSSR count). The third-order valence-corrected chi connectivity index (χ3v) is 2.14. The summed E-state index contributed by atoms with van der Waals surface area (Å²) in [5.41, 5.74) is 1.07. The van der Waals surface area contributed by atoms with Crippen LogP contribution in [-0.4, -0.2) is 28.4 Å². The summed E-state index contributed by atoms with van der Waals surface area (Å²) in [6.07, 6.45) is 3.65. The Hall–Kier alpha value is -0.830. The number of halogens is 1. The van der Waals surface area contributed by atoms with Gasteiger partial charge >= 0.3 is 0 Å². The molecule has 0 N–H and O–H groups in total. The second kappa shape index (κ2) is 5.15. The van der Waals surface area contributed by atoms with E-state index in [1.807, 2.05) is 19.3 Å². The summed E-state index contributed by atoms with van der Waals surface area (Å²) < 4.78 is 0. The second-order valence-electron chi connectivity index (χ2n) is 3.54. The maximum Gasteiger partial charge on any atom is 0.225 e. The fourth-order valence-electron chi connectivity index (χ4n) is 1.21. The number of hydrogen-bond donors (Lipinski definition) is 0. The predicted molar refractivity (Wildman–Crippen MR) is 60.0 cm³/mol. The van der Waals surface area contributed by atoms with E-state index in [1.165, 1.54) is 0 Å². The van der Waals surface area contributed by atoms with Crippen molar-refractivity contribution in [3.8, 4) is 0 Å². The first-order valence-electron chi connectivity index (χ1n) is 4.76. The van der Waals surface area contributed by atoms with Gasteiger partial charge in [-0.05, 0) is 26.3 Å². The summed E-state index contributed by atoms with van der Waals surface area (Å²) in [6, 6.07) is 0.372. The topological polar surface area (TPSA) is 29.0 Å². The first kappa shape index (κ1) is 11.2. The van der Waals surface area contributed by atoms with E-state index >= 15 is 0 Å². The molecule has 0 spiro atoms. The highest BCUT2D eigenvalue weighted by Gasteiger charge is 2.11. The third-order valence-electron chi connectivity index (χ3n) is 1.97. The predicted octanol–water partition coefficient (Wildman–Crippen LogP) is 2.24. The molecular weight excluding hydrogens is 198 g/mol. The highest BCUT2D eigenvalue weighted by Crippen LogP contribution is 2.10. The SMILES string of the molecule is Cc1cnc(N(CCCl)C(C)C)nc1. The molecule has 0 bridgehead atoms. The lowest BCUT2D eigenvalue weighted by Crippen LogP contribution is -2.34. The Balaban J connectivity index is 2.82. The van der Waals surface area contributed by atoms with Gasteiger partial charge < -0.3 is 4.90 Å². The third kappa shape index (κ3) is 2.84. The standard InChI is InChI=1S/C10H16ClN3/c1-8(2)14(5-4-11)10-12-6-9(3)7-13-10/h6-8H,4-5H2,1-3H3. The molecule has 14 heavy (non-hydrogen) atoms. The van der Waals surface area contributed by atoms with Gasteiger partial charge in [-0.2, -0.15) is 0 Å². The molecule has 1 aromatic rings. The van der Waals surface area contributed by atoms with E-state index in [2.05, 4.69) is 28.7 Å². The van der Waals surface area contributed by atoms with E-state index in [4.69, 9.17) is 11.6 Å². The summed E-state index contributed by atoms with van der Waals surface area (Å²) >= 11 is 5.72. The molecule has 0 atom stereocenters. The smallest absolute Gasteiger partial charge is 0.225 e. The van der Waals surface area contributed by atoms with Crippen molar-refractivity contribution >= 4 is 17.5 Å². The molecule has 0 saturated carbocycles. The van der Waals surface area contributed by atoms with E-state index in [0.29, 0.717) is 11.9 Å². The van der Waals surface area contributed by atoms with Crippen molar-refractivity contribution in [3.63, 3.8) is 0 Å². The Morgan fingerprint density at radius 2 is 1.93 bits per heavy atom. The summed E-state index contributed by atoms with van der Waals surface area (Å²) in [6.45, 7) is 6.97. The van der Waals surface area contributed by atoms with E-state index in [0.717, 1.165) is 18.1 Å². The largest absolute Gasteiger partial charge is 0.337 e. The summed E-state index contributed by atoms with van der Waals surface area (Å²) in [5.74, 6) is 1.35. The van der Waals surface area contributed by atoms with Crippen LogP contribution in [0.1, 0.15) is 19.4 Å². The van der Waals surface area contributed by atoms with Crippen molar-refractivity contribution in [1.82, 2.24) is 9.97 Å². The average Bonchev–Trinajstić information content (AvgIpc) is 2.15. The summed E-state index contributed by atoms with van der Waals surface area (Å²) in [7, 11) is 0. The first-order valence-corrected chi connectivity index (χ1v) is 5.30. The van der Waals surface area contributed by atoms with Gasteiger partial charge in [0.1, 0.15) is 0 Å². The van der Waals surface area contributed by atoms with Crippen LogP contribution in [0.15, 0.2) is 12.4 Å². The van der Waals surface area contributed by atoms with Crippen LogP contribution in [0.25, 0.3) is 0 Å². The minimum atomic E-state index is 0.372. The number of aromatic nitrogens is 2. The number of anilines is 1. The van der Waals surface area contributed by atoms with Crippen molar-refractivity contribution in [2.75, 3.05) is 17.3 Å². The molecular formula is C10H16ClN3. The Labute approximate surface area is 90.1 Å². The molecule has 1 heterocycles. The van der Waals surface area contributed by atoms with E-state index in [-0.39, 0.29) is 0 Å². The van der Waals surface area contributed by atoms with Gasteiger partial charge in [-0.3, -0.25) is 0 Å². The van der Waals surface area contributed by atoms with Crippen LogP contribution in [0.3, 0.4) is 0 Å². The lowest BCUT2D eigenvalue weighted by atomic mass is 10.3. The van der Waals surface area contributed by atoms with Gasteiger partial charge in [0.15, 0.2) is 0 Å². The lowest BCUT2D eigenvalue weighted by Gasteiger charge is -2.25. The Bertz CT molecular complexity index is 271. The Morgan fingerprint density at radius 3 is 2.36 bits per heavy atom. The number of nitrogens with zero attached hydrogens (tertiary/aromatic N) is 3. The van der Waals surface area contributed by atoms with Gasteiger partial charge in [0.05, 0.1) is 0 Å². The fourth-order valence-corrected chi connectivity index (χ4v) is 1.40. The normalized spacial score (nSPS) is 10.6. The molecule has 0 aliphatic rings. The lowest BCUT2D eigenvalue weighted by molar-refractivity contribution is 0.682. The number of aryl methyl sites for hydroxylation is 1. The highest BCUT2D eigenvalue weighted by atomic mass is 35.5. The van der Waals surface area contributed by atoms with Gasteiger partial charge in [-0.1, -0.05) is 0 Å². The summed E-state index contributed by atoms with van der Waals surface area (Å²) in [4.78, 5) is 10.6. The van der Waals surface area contributed by atoms with E-state index < -0.39 is 0 Å². The van der Waals surface area contributed by atoms with Crippen LogP contribution >= 0.6 is 11.6 Å². The minimum Gasteiger partial charge on any atom is -0.337 e.